The Kier molecular flexibility index (Phi) is 5.40. The van der Waals surface area contributed by atoms with Crippen molar-refractivity contribution in [3.63, 3.8) is 0 Å². The molecule has 138 valence electrons. The number of sulfonamides is 1. The summed E-state index contributed by atoms with van der Waals surface area (Å²) in [4.78, 5) is 4.98. The molecule has 0 aliphatic carbocycles. The fourth-order valence-electron chi connectivity index (χ4n) is 2.41. The number of hydrogen-bond acceptors (Lipinski definition) is 6. The molecule has 9 heteroatoms. The lowest BCUT2D eigenvalue weighted by Crippen LogP contribution is -2.22. The van der Waals surface area contributed by atoms with Crippen LogP contribution >= 0.6 is 11.3 Å². The lowest BCUT2D eigenvalue weighted by atomic mass is 10.2. The summed E-state index contributed by atoms with van der Waals surface area (Å²) < 4.78 is 34.9. The van der Waals surface area contributed by atoms with Crippen LogP contribution in [-0.4, -0.2) is 30.3 Å². The lowest BCUT2D eigenvalue weighted by molar-refractivity contribution is 0.398. The number of ether oxygens (including phenoxy) is 1. The number of hydrogen-bond donors (Lipinski definition) is 1. The van der Waals surface area contributed by atoms with Crippen LogP contribution in [0.15, 0.2) is 40.9 Å². The number of aromatic nitrogens is 3. The maximum atomic E-state index is 12.6. The smallest absolute Gasteiger partial charge is 0.250 e. The minimum absolute atomic E-state index is 0.214. The Labute approximate surface area is 156 Å². The molecule has 0 fully saturated rings. The van der Waals surface area contributed by atoms with Gasteiger partial charge in [0, 0.05) is 47.6 Å². The van der Waals surface area contributed by atoms with Gasteiger partial charge in [0.2, 0.25) is 15.9 Å². The first-order valence-corrected chi connectivity index (χ1v) is 10.4. The average molecular weight is 393 g/mol. The van der Waals surface area contributed by atoms with E-state index in [0.717, 1.165) is 28.2 Å². The molecule has 0 saturated carbocycles. The zero-order valence-electron chi connectivity index (χ0n) is 14.8. The van der Waals surface area contributed by atoms with E-state index in [2.05, 4.69) is 14.8 Å². The molecule has 0 atom stereocenters. The van der Waals surface area contributed by atoms with Crippen molar-refractivity contribution in [1.82, 2.24) is 19.5 Å². The Morgan fingerprint density at radius 2 is 2.08 bits per heavy atom. The SMILES string of the molecule is CCn1cc(CNS(=O)(=O)c2ccc(-c3ccc(OC)nc3)s2)c(C)n1. The minimum atomic E-state index is -3.59. The third-order valence-electron chi connectivity index (χ3n) is 3.90. The quantitative estimate of drug-likeness (QED) is 0.668. The van der Waals surface area contributed by atoms with Gasteiger partial charge in [0.25, 0.3) is 0 Å². The van der Waals surface area contributed by atoms with Crippen molar-refractivity contribution in [1.29, 1.82) is 0 Å². The summed E-state index contributed by atoms with van der Waals surface area (Å²) in [6.07, 6.45) is 3.53. The van der Waals surface area contributed by atoms with Crippen LogP contribution in [0.4, 0.5) is 0 Å². The van der Waals surface area contributed by atoms with Crippen LogP contribution in [0.3, 0.4) is 0 Å². The van der Waals surface area contributed by atoms with Crippen molar-refractivity contribution in [3.05, 3.63) is 47.9 Å². The van der Waals surface area contributed by atoms with Crippen LogP contribution in [0.5, 0.6) is 5.88 Å². The van der Waals surface area contributed by atoms with E-state index in [9.17, 15) is 8.42 Å². The standard InChI is InChI=1S/C17H20N4O3S2/c1-4-21-11-14(12(2)20-21)10-19-26(22,23)17-8-6-15(25-17)13-5-7-16(24-3)18-9-13/h5-9,11,19H,4,10H2,1-3H3. The number of pyridine rings is 1. The predicted molar refractivity (Wildman–Crippen MR) is 101 cm³/mol. The molecule has 0 radical (unpaired) electrons. The van der Waals surface area contributed by atoms with E-state index in [4.69, 9.17) is 4.74 Å². The molecular weight excluding hydrogens is 372 g/mol. The highest BCUT2D eigenvalue weighted by Crippen LogP contribution is 2.31. The first kappa shape index (κ1) is 18.6. The largest absolute Gasteiger partial charge is 0.481 e. The zero-order chi connectivity index (χ0) is 18.7. The first-order chi connectivity index (χ1) is 12.4. The molecule has 1 N–H and O–H groups in total. The summed E-state index contributed by atoms with van der Waals surface area (Å²) in [6, 6.07) is 6.98. The van der Waals surface area contributed by atoms with Gasteiger partial charge in [0.05, 0.1) is 12.8 Å². The molecule has 3 aromatic rings. The predicted octanol–water partition coefficient (Wildman–Crippen LogP) is 2.82. The van der Waals surface area contributed by atoms with Crippen LogP contribution in [0.1, 0.15) is 18.2 Å². The Morgan fingerprint density at radius 3 is 2.69 bits per heavy atom. The number of thiophene rings is 1. The van der Waals surface area contributed by atoms with Crippen molar-refractivity contribution in [3.8, 4) is 16.3 Å². The summed E-state index contributed by atoms with van der Waals surface area (Å²) >= 11 is 1.20. The van der Waals surface area contributed by atoms with Gasteiger partial charge >= 0.3 is 0 Å². The molecule has 3 heterocycles. The molecule has 0 saturated heterocycles. The van der Waals surface area contributed by atoms with Crippen LogP contribution in [0, 0.1) is 6.92 Å². The van der Waals surface area contributed by atoms with Gasteiger partial charge in [0.1, 0.15) is 4.21 Å². The second kappa shape index (κ2) is 7.56. The molecule has 0 aromatic carbocycles. The molecule has 3 aromatic heterocycles. The highest BCUT2D eigenvalue weighted by molar-refractivity contribution is 7.91. The van der Waals surface area contributed by atoms with E-state index < -0.39 is 10.0 Å². The molecule has 7 nitrogen and oxygen atoms in total. The normalized spacial score (nSPS) is 11.7. The Bertz CT molecular complexity index is 991. The second-order valence-electron chi connectivity index (χ2n) is 5.63. The van der Waals surface area contributed by atoms with Gasteiger partial charge in [-0.05, 0) is 32.0 Å². The Morgan fingerprint density at radius 1 is 1.27 bits per heavy atom. The van der Waals surface area contributed by atoms with E-state index in [1.807, 2.05) is 26.1 Å². The van der Waals surface area contributed by atoms with Crippen molar-refractivity contribution < 1.29 is 13.2 Å². The van der Waals surface area contributed by atoms with E-state index in [-0.39, 0.29) is 10.8 Å². The molecule has 0 unspecified atom stereocenters. The van der Waals surface area contributed by atoms with Crippen LogP contribution < -0.4 is 9.46 Å². The van der Waals surface area contributed by atoms with Gasteiger partial charge in [-0.25, -0.2) is 18.1 Å². The topological polar surface area (TPSA) is 86.1 Å². The van der Waals surface area contributed by atoms with Crippen molar-refractivity contribution >= 4 is 21.4 Å². The van der Waals surface area contributed by atoms with Gasteiger partial charge in [0.15, 0.2) is 0 Å². The molecule has 0 spiro atoms. The lowest BCUT2D eigenvalue weighted by Gasteiger charge is -2.04. The zero-order valence-corrected chi connectivity index (χ0v) is 16.4. The van der Waals surface area contributed by atoms with E-state index in [1.54, 1.807) is 36.2 Å². The molecule has 26 heavy (non-hydrogen) atoms. The average Bonchev–Trinajstić information content (AvgIpc) is 3.27. The Balaban J connectivity index is 1.75. The van der Waals surface area contributed by atoms with E-state index >= 15 is 0 Å². The van der Waals surface area contributed by atoms with Crippen LogP contribution in [0.25, 0.3) is 10.4 Å². The van der Waals surface area contributed by atoms with E-state index in [1.165, 1.54) is 11.3 Å². The summed E-state index contributed by atoms with van der Waals surface area (Å²) in [5.74, 6) is 0.516. The van der Waals surface area contributed by atoms with Gasteiger partial charge in [-0.2, -0.15) is 5.10 Å². The van der Waals surface area contributed by atoms with E-state index in [0.29, 0.717) is 5.88 Å². The fraction of sp³-hybridized carbons (Fsp3) is 0.294. The second-order valence-corrected chi connectivity index (χ2v) is 8.71. The molecule has 0 aliphatic rings. The van der Waals surface area contributed by atoms with Gasteiger partial charge < -0.3 is 4.74 Å². The molecule has 0 amide bonds. The van der Waals surface area contributed by atoms with Gasteiger partial charge in [-0.3, -0.25) is 4.68 Å². The van der Waals surface area contributed by atoms with Gasteiger partial charge in [-0.15, -0.1) is 11.3 Å². The Hall–Kier alpha value is -2.23. The number of rotatable bonds is 7. The van der Waals surface area contributed by atoms with Crippen molar-refractivity contribution in [2.75, 3.05) is 7.11 Å². The summed E-state index contributed by atoms with van der Waals surface area (Å²) in [7, 11) is -2.04. The number of methoxy groups -OCH3 is 1. The maximum absolute atomic E-state index is 12.6. The summed E-state index contributed by atoms with van der Waals surface area (Å²) in [6.45, 7) is 4.82. The molecule has 0 aliphatic heterocycles. The molecule has 0 bridgehead atoms. The van der Waals surface area contributed by atoms with Crippen LogP contribution in [-0.2, 0) is 23.1 Å². The highest BCUT2D eigenvalue weighted by atomic mass is 32.2. The fourth-order valence-corrected chi connectivity index (χ4v) is 4.75. The van der Waals surface area contributed by atoms with Gasteiger partial charge in [-0.1, -0.05) is 0 Å². The summed E-state index contributed by atoms with van der Waals surface area (Å²) in [5, 5.41) is 4.33. The molecule has 3 rings (SSSR count). The third kappa shape index (κ3) is 3.95. The first-order valence-electron chi connectivity index (χ1n) is 8.05. The maximum Gasteiger partial charge on any atom is 0.250 e. The number of nitrogens with one attached hydrogen (secondary N) is 1. The number of aryl methyl sites for hydroxylation is 2. The monoisotopic (exact) mass is 392 g/mol. The molecular formula is C17H20N4O3S2. The van der Waals surface area contributed by atoms with Crippen molar-refractivity contribution in [2.24, 2.45) is 0 Å². The van der Waals surface area contributed by atoms with Crippen molar-refractivity contribution in [2.45, 2.75) is 31.1 Å². The minimum Gasteiger partial charge on any atom is -0.481 e. The number of nitrogens with zero attached hydrogens (tertiary/aromatic N) is 3. The van der Waals surface area contributed by atoms with Crippen LogP contribution in [0.2, 0.25) is 0 Å². The summed E-state index contributed by atoms with van der Waals surface area (Å²) in [5.41, 5.74) is 2.54. The third-order valence-corrected chi connectivity index (χ3v) is 6.93. The highest BCUT2D eigenvalue weighted by Gasteiger charge is 2.18.